The lowest BCUT2D eigenvalue weighted by molar-refractivity contribution is -0.138. The van der Waals surface area contributed by atoms with Crippen LogP contribution in [0.5, 0.6) is 0 Å². The molecule has 11 heteroatoms. The fraction of sp³-hybridized carbons (Fsp3) is 0.533. The number of nitrogens with two attached hydrogens (primary N) is 1. The second-order valence-electron chi connectivity index (χ2n) is 5.74. The molecule has 0 aromatic heterocycles. The molecule has 0 heterocycles. The van der Waals surface area contributed by atoms with E-state index < -0.39 is 50.2 Å². The topological polar surface area (TPSA) is 205 Å². The van der Waals surface area contributed by atoms with Crippen LogP contribution >= 0.6 is 0 Å². The first kappa shape index (κ1) is 24.4. The summed E-state index contributed by atoms with van der Waals surface area (Å²) in [7, 11) is -1.51. The molecule has 148 valence electrons. The lowest BCUT2D eigenvalue weighted by atomic mass is 9.80. The molecule has 0 bridgehead atoms. The summed E-state index contributed by atoms with van der Waals surface area (Å²) < 4.78 is 0. The molecule has 0 saturated carbocycles. The van der Waals surface area contributed by atoms with Crippen molar-refractivity contribution in [3.63, 3.8) is 0 Å². The van der Waals surface area contributed by atoms with Crippen molar-refractivity contribution in [1.82, 2.24) is 0 Å². The van der Waals surface area contributed by atoms with Crippen LogP contribution in [0.25, 0.3) is 0 Å². The number of carboxylic acid groups (broad SMARTS) is 1. The van der Waals surface area contributed by atoms with E-state index in [-0.39, 0.29) is 6.42 Å². The van der Waals surface area contributed by atoms with E-state index >= 15 is 0 Å². The zero-order valence-corrected chi connectivity index (χ0v) is 14.3. The van der Waals surface area contributed by atoms with Crippen LogP contribution in [0.15, 0.2) is 24.3 Å². The first-order valence-electron chi connectivity index (χ1n) is 7.77. The zero-order valence-electron chi connectivity index (χ0n) is 14.3. The molecule has 0 radical (unpaired) electrons. The number of carbonyl (C=O) groups is 1. The lowest BCUT2D eigenvalue weighted by Crippen LogP contribution is -2.44. The first-order valence-corrected chi connectivity index (χ1v) is 7.77. The summed E-state index contributed by atoms with van der Waals surface area (Å²) >= 11 is 0. The van der Waals surface area contributed by atoms with E-state index in [1.165, 1.54) is 19.1 Å². The number of carboxylic acids is 1. The van der Waals surface area contributed by atoms with Gasteiger partial charge >= 0.3 is 13.1 Å². The molecule has 0 unspecified atom stereocenters. The number of aliphatic hydroxyl groups excluding tert-OH is 5. The fourth-order valence-corrected chi connectivity index (χ4v) is 1.79. The molecule has 26 heavy (non-hydrogen) atoms. The van der Waals surface area contributed by atoms with E-state index in [2.05, 4.69) is 0 Å². The van der Waals surface area contributed by atoms with Crippen molar-refractivity contribution in [2.75, 3.05) is 6.61 Å². The van der Waals surface area contributed by atoms with Gasteiger partial charge in [0, 0.05) is 0 Å². The van der Waals surface area contributed by atoms with E-state index in [1.807, 2.05) is 0 Å². The normalized spacial score (nSPS) is 16.5. The van der Waals surface area contributed by atoms with Gasteiger partial charge in [-0.05, 0) is 24.4 Å². The van der Waals surface area contributed by atoms with Crippen molar-refractivity contribution < 1.29 is 45.5 Å². The third kappa shape index (κ3) is 8.69. The van der Waals surface area contributed by atoms with E-state index in [0.29, 0.717) is 5.46 Å². The second kappa shape index (κ2) is 11.9. The fourth-order valence-electron chi connectivity index (χ4n) is 1.79. The number of aliphatic carboxylic acids is 1. The smallest absolute Gasteiger partial charge is 0.480 e. The molecular formula is C15H26BNO9. The zero-order chi connectivity index (χ0) is 20.4. The molecule has 1 rings (SSSR count). The summed E-state index contributed by atoms with van der Waals surface area (Å²) in [6, 6.07) is 5.35. The standard InChI is InChI=1S/C9H12BNO4.C6H14O5/c11-8(9(12)13)5-6-1-3-7(4-2-6)10(14)15;1-3(8)5(10)6(11)4(9)2-7/h1-4,8,14-15H,5,11H2,(H,12,13);3-11H,2H2,1H3/t8-;3-,4-,5-,6-/m00/s1. The van der Waals surface area contributed by atoms with Crippen LogP contribution in [0, 0.1) is 0 Å². The predicted molar refractivity (Wildman–Crippen MR) is 92.4 cm³/mol. The quantitative estimate of drug-likeness (QED) is 0.200. The highest BCUT2D eigenvalue weighted by Crippen LogP contribution is 2.03. The molecule has 1 aromatic rings. The molecule has 0 amide bonds. The van der Waals surface area contributed by atoms with Gasteiger partial charge in [0.1, 0.15) is 24.4 Å². The van der Waals surface area contributed by atoms with Crippen LogP contribution in [0.1, 0.15) is 12.5 Å². The number of benzene rings is 1. The lowest BCUT2D eigenvalue weighted by Gasteiger charge is -2.23. The maximum absolute atomic E-state index is 10.5. The van der Waals surface area contributed by atoms with Gasteiger partial charge in [-0.25, -0.2) is 0 Å². The molecule has 10 N–H and O–H groups in total. The molecule has 0 aliphatic rings. The van der Waals surface area contributed by atoms with Gasteiger partial charge in [0.25, 0.3) is 0 Å². The van der Waals surface area contributed by atoms with Gasteiger partial charge in [-0.1, -0.05) is 24.3 Å². The molecule has 0 fully saturated rings. The van der Waals surface area contributed by atoms with E-state index in [0.717, 1.165) is 5.56 Å². The van der Waals surface area contributed by atoms with Crippen molar-refractivity contribution in [2.45, 2.75) is 43.8 Å². The highest BCUT2D eigenvalue weighted by molar-refractivity contribution is 6.58. The van der Waals surface area contributed by atoms with Crippen molar-refractivity contribution >= 4 is 18.6 Å². The van der Waals surface area contributed by atoms with Crippen molar-refractivity contribution in [1.29, 1.82) is 0 Å². The summed E-state index contributed by atoms with van der Waals surface area (Å²) in [6.45, 7) is 0.628. The third-order valence-corrected chi connectivity index (χ3v) is 3.48. The van der Waals surface area contributed by atoms with E-state index in [4.69, 9.17) is 46.4 Å². The van der Waals surface area contributed by atoms with Crippen molar-refractivity contribution in [3.05, 3.63) is 29.8 Å². The summed E-state index contributed by atoms with van der Waals surface area (Å²) in [4.78, 5) is 10.5. The van der Waals surface area contributed by atoms with Gasteiger partial charge in [-0.3, -0.25) is 4.79 Å². The maximum atomic E-state index is 10.5. The predicted octanol–water partition coefficient (Wildman–Crippen LogP) is -4.24. The summed E-state index contributed by atoms with van der Waals surface area (Å²) in [6.07, 6.45) is -5.28. The van der Waals surface area contributed by atoms with Gasteiger partial charge in [-0.2, -0.15) is 0 Å². The Morgan fingerprint density at radius 3 is 1.92 bits per heavy atom. The molecular weight excluding hydrogens is 349 g/mol. The average Bonchev–Trinajstić information content (AvgIpc) is 2.60. The van der Waals surface area contributed by atoms with E-state index in [9.17, 15) is 4.79 Å². The van der Waals surface area contributed by atoms with Gasteiger partial charge in [0.2, 0.25) is 0 Å². The molecule has 0 aliphatic heterocycles. The van der Waals surface area contributed by atoms with Crippen molar-refractivity contribution in [2.24, 2.45) is 5.73 Å². The SMILES string of the molecule is C[C@H](O)[C@H](O)[C@@H](O)[C@@H](O)CO.N[C@@H](Cc1ccc(B(O)O)cc1)C(=O)O. The Morgan fingerprint density at radius 1 is 1.08 bits per heavy atom. The Kier molecular flexibility index (Phi) is 11.2. The van der Waals surface area contributed by atoms with Gasteiger partial charge in [0.05, 0.1) is 12.7 Å². The number of hydrogen-bond acceptors (Lipinski definition) is 9. The Morgan fingerprint density at radius 2 is 1.58 bits per heavy atom. The minimum Gasteiger partial charge on any atom is -0.480 e. The monoisotopic (exact) mass is 375 g/mol. The molecule has 0 aliphatic carbocycles. The molecule has 0 saturated heterocycles. The van der Waals surface area contributed by atoms with Gasteiger partial charge in [-0.15, -0.1) is 0 Å². The van der Waals surface area contributed by atoms with Crippen LogP contribution < -0.4 is 11.2 Å². The summed E-state index contributed by atoms with van der Waals surface area (Å²) in [5.74, 6) is -1.05. The second-order valence-corrected chi connectivity index (χ2v) is 5.74. The van der Waals surface area contributed by atoms with Crippen LogP contribution in [0.4, 0.5) is 0 Å². The van der Waals surface area contributed by atoms with Crippen molar-refractivity contribution in [3.8, 4) is 0 Å². The highest BCUT2D eigenvalue weighted by Gasteiger charge is 2.27. The minimum atomic E-state index is -1.51. The summed E-state index contributed by atoms with van der Waals surface area (Å²) in [5, 5.41) is 69.9. The largest absolute Gasteiger partial charge is 0.488 e. The Labute approximate surface area is 150 Å². The summed E-state index contributed by atoms with van der Waals surface area (Å²) in [5.41, 5.74) is 6.46. The Hall–Kier alpha value is -1.57. The van der Waals surface area contributed by atoms with Gasteiger partial charge < -0.3 is 46.4 Å². The average molecular weight is 375 g/mol. The highest BCUT2D eigenvalue weighted by atomic mass is 16.4. The number of hydrogen-bond donors (Lipinski definition) is 9. The van der Waals surface area contributed by atoms with Gasteiger partial charge in [0.15, 0.2) is 0 Å². The van der Waals surface area contributed by atoms with Crippen LogP contribution in [0.3, 0.4) is 0 Å². The van der Waals surface area contributed by atoms with Crippen LogP contribution in [0.2, 0.25) is 0 Å². The first-order chi connectivity index (χ1) is 12.0. The molecule has 10 nitrogen and oxygen atoms in total. The molecule has 0 spiro atoms. The number of rotatable bonds is 8. The molecule has 1 aromatic carbocycles. The third-order valence-electron chi connectivity index (χ3n) is 3.48. The van der Waals surface area contributed by atoms with Crippen LogP contribution in [-0.4, -0.2) is 90.8 Å². The maximum Gasteiger partial charge on any atom is 0.488 e. The number of aliphatic hydroxyl groups is 5. The van der Waals surface area contributed by atoms with Crippen LogP contribution in [-0.2, 0) is 11.2 Å². The molecule has 5 atom stereocenters. The minimum absolute atomic E-state index is 0.219. The van der Waals surface area contributed by atoms with E-state index in [1.54, 1.807) is 12.1 Å². The Bertz CT molecular complexity index is 526. The Balaban J connectivity index is 0.000000508.